The Balaban J connectivity index is -0.0000000786. The molecule has 6 aliphatic rings. The number of hydrogen-bond acceptors (Lipinski definition) is 12. The van der Waals surface area contributed by atoms with Crippen molar-refractivity contribution in [2.45, 2.75) is 235 Å². The second-order valence-electron chi connectivity index (χ2n) is 17.0. The van der Waals surface area contributed by atoms with Crippen LogP contribution in [0.1, 0.15) is 323 Å². The fourth-order valence-electron chi connectivity index (χ4n) is 7.53. The summed E-state index contributed by atoms with van der Waals surface area (Å²) in [4.78, 5) is 146. The van der Waals surface area contributed by atoms with Gasteiger partial charge in [0.1, 0.15) is 6.67 Å². The van der Waals surface area contributed by atoms with Gasteiger partial charge in [-0.25, -0.2) is 0 Å². The summed E-state index contributed by atoms with van der Waals surface area (Å²) in [6.07, 6.45) is 29.7. The zero-order valence-corrected chi connectivity index (χ0v) is 65.4. The van der Waals surface area contributed by atoms with Gasteiger partial charge in [-0.05, 0) is 108 Å². The molecule has 4 aromatic rings. The van der Waals surface area contributed by atoms with Crippen molar-refractivity contribution in [2.75, 3.05) is 34.9 Å². The lowest BCUT2D eigenvalue weighted by atomic mass is 9.98. The van der Waals surface area contributed by atoms with Gasteiger partial charge in [0.05, 0.1) is 44.5 Å². The van der Waals surface area contributed by atoms with E-state index in [1.807, 2.05) is 125 Å². The maximum Gasteiger partial charge on any atom is 0.263 e. The van der Waals surface area contributed by atoms with Crippen LogP contribution in [0.25, 0.3) is 0 Å². The van der Waals surface area contributed by atoms with Gasteiger partial charge in [0.15, 0.2) is 0 Å². The maximum absolute atomic E-state index is 12.3. The maximum atomic E-state index is 12.3. The van der Waals surface area contributed by atoms with E-state index in [1.165, 1.54) is 38.0 Å². The summed E-state index contributed by atoms with van der Waals surface area (Å²) in [7, 11) is 5.95. The standard InChI is InChI=1S/C19H14N2O4.C17H10N2O4.2C5H7NO2.6C3H4.9C2H6.5CH4/c1-20-16(22)12-5-3-10(8-14(12)18(20)24)7-11-4-6-13-15(9-11)19(25)21(2)17(13)23;20-14-10-5-1-2-6-11(10)15(21)18(14)9-19-16(22)12-7-3-4-8-13(12)17(19)23;2*1-6-4(7)2-3-5(6)8;6*1-3-2;9*1-2;;;;;/h3-6,8-9H,7H2,1-2H3;1-8H,9H2;2*2-3H2,1H3;6*1H,2H3;9*1-2H3;5*1H4. The molecule has 0 bridgehead atoms. The zero-order chi connectivity index (χ0) is 80.6. The first-order chi connectivity index (χ1) is 47.9. The van der Waals surface area contributed by atoms with Crippen LogP contribution >= 0.6 is 0 Å². The molecule has 586 valence electrons. The van der Waals surface area contributed by atoms with Crippen LogP contribution in [0.2, 0.25) is 0 Å². The molecule has 4 aromatic carbocycles. The predicted octanol–water partition coefficient (Wildman–Crippen LogP) is 19.0. The van der Waals surface area contributed by atoms with Gasteiger partial charge in [-0.15, -0.1) is 74.1 Å². The molecule has 18 heteroatoms. The lowest BCUT2D eigenvalue weighted by Gasteiger charge is -2.20. The Labute approximate surface area is 639 Å². The number of nitrogens with zero attached hydrogens (tertiary/aromatic N) is 6. The van der Waals surface area contributed by atoms with Gasteiger partial charge in [-0.2, -0.15) is 0 Å². The first-order valence-corrected chi connectivity index (χ1v) is 33.5. The molecule has 0 aliphatic carbocycles. The molecular formula is C87H136N6O12. The van der Waals surface area contributed by atoms with Crippen LogP contribution in [0.3, 0.4) is 0 Å². The van der Waals surface area contributed by atoms with E-state index in [-0.39, 0.29) is 113 Å². The first-order valence-electron chi connectivity index (χ1n) is 33.5. The van der Waals surface area contributed by atoms with Crippen molar-refractivity contribution in [1.29, 1.82) is 0 Å². The minimum absolute atomic E-state index is 0. The minimum atomic E-state index is -0.498. The predicted molar refractivity (Wildman–Crippen MR) is 444 cm³/mol. The quantitative estimate of drug-likeness (QED) is 0.137. The third kappa shape index (κ3) is 42.3. The van der Waals surface area contributed by atoms with E-state index < -0.39 is 23.6 Å². The van der Waals surface area contributed by atoms with Crippen LogP contribution in [0, 0.1) is 74.1 Å². The van der Waals surface area contributed by atoms with E-state index in [9.17, 15) is 57.5 Å². The van der Waals surface area contributed by atoms with Crippen molar-refractivity contribution in [3.63, 3.8) is 0 Å². The van der Waals surface area contributed by atoms with Crippen molar-refractivity contribution in [1.82, 2.24) is 29.4 Å². The molecule has 2 fully saturated rings. The molecule has 0 spiro atoms. The molecule has 0 N–H and O–H groups in total. The molecule has 0 saturated carbocycles. The van der Waals surface area contributed by atoms with Gasteiger partial charge >= 0.3 is 0 Å². The summed E-state index contributed by atoms with van der Waals surface area (Å²) in [6.45, 7) is 45.5. The Hall–Kier alpha value is -10.9. The molecule has 6 aliphatic heterocycles. The van der Waals surface area contributed by atoms with Gasteiger partial charge < -0.3 is 0 Å². The Bertz CT molecular complexity index is 3050. The van der Waals surface area contributed by atoms with Crippen LogP contribution in [0.15, 0.2) is 84.9 Å². The van der Waals surface area contributed by atoms with Crippen molar-refractivity contribution in [2.24, 2.45) is 0 Å². The van der Waals surface area contributed by atoms with Crippen molar-refractivity contribution in [3.8, 4) is 74.1 Å². The van der Waals surface area contributed by atoms with Crippen molar-refractivity contribution < 1.29 is 57.5 Å². The van der Waals surface area contributed by atoms with Gasteiger partial charge in [0.2, 0.25) is 23.6 Å². The number of amides is 12. The van der Waals surface area contributed by atoms with Gasteiger partial charge in [-0.1, -0.05) is 198 Å². The van der Waals surface area contributed by atoms with E-state index in [0.717, 1.165) is 30.7 Å². The molecule has 12 amide bonds. The highest BCUT2D eigenvalue weighted by Crippen LogP contribution is 2.29. The largest absolute Gasteiger partial charge is 0.286 e. The van der Waals surface area contributed by atoms with Gasteiger partial charge in [0.25, 0.3) is 47.3 Å². The lowest BCUT2D eigenvalue weighted by molar-refractivity contribution is -0.138. The summed E-state index contributed by atoms with van der Waals surface area (Å²) in [5, 5.41) is 0. The van der Waals surface area contributed by atoms with Crippen LogP contribution in [0.5, 0.6) is 0 Å². The van der Waals surface area contributed by atoms with E-state index in [0.29, 0.717) is 54.4 Å². The number of carbonyl (C=O) groups is 12. The van der Waals surface area contributed by atoms with E-state index in [4.69, 9.17) is 0 Å². The first kappa shape index (κ1) is 127. The summed E-state index contributed by atoms with van der Waals surface area (Å²) < 4.78 is 0. The van der Waals surface area contributed by atoms with E-state index in [2.05, 4.69) is 74.1 Å². The molecule has 18 nitrogen and oxygen atoms in total. The average Bonchev–Trinajstić information content (AvgIpc) is 1.63. The smallest absolute Gasteiger partial charge is 0.263 e. The highest BCUT2D eigenvalue weighted by atomic mass is 16.2. The molecular weight excluding hydrogens is 1320 g/mol. The molecule has 6 heterocycles. The van der Waals surface area contributed by atoms with Crippen LogP contribution in [-0.2, 0) is 25.6 Å². The number of likely N-dealkylation sites (tertiary alicyclic amines) is 2. The summed E-state index contributed by atoms with van der Waals surface area (Å²) in [5.41, 5.74) is 4.49. The highest BCUT2D eigenvalue weighted by molar-refractivity contribution is 6.25. The number of hydrogen-bond donors (Lipinski definition) is 0. The molecule has 105 heavy (non-hydrogen) atoms. The number of rotatable bonds is 4. The number of benzene rings is 4. The van der Waals surface area contributed by atoms with Gasteiger partial charge in [-0.3, -0.25) is 86.9 Å². The molecule has 0 radical (unpaired) electrons. The second-order valence-corrected chi connectivity index (χ2v) is 17.0. The van der Waals surface area contributed by atoms with Crippen molar-refractivity contribution >= 4 is 70.9 Å². The summed E-state index contributed by atoms with van der Waals surface area (Å²) >= 11 is 0. The highest BCUT2D eigenvalue weighted by Gasteiger charge is 2.42. The molecule has 0 aromatic heterocycles. The second kappa shape index (κ2) is 80.4. The number of terminal acetylenes is 6. The normalized spacial score (nSPS) is 11.4. The molecule has 2 saturated heterocycles. The van der Waals surface area contributed by atoms with Crippen molar-refractivity contribution in [3.05, 3.63) is 141 Å². The van der Waals surface area contributed by atoms with E-state index in [1.54, 1.807) is 126 Å². The third-order valence-corrected chi connectivity index (χ3v) is 11.4. The number of carbonyl (C=O) groups excluding carboxylic acids is 12. The Morgan fingerprint density at radius 2 is 0.429 bits per heavy atom. The number of fused-ring (bicyclic) bond motifs is 4. The van der Waals surface area contributed by atoms with Gasteiger partial charge in [0, 0.05) is 53.9 Å². The molecule has 0 unspecified atom stereocenters. The summed E-state index contributed by atoms with van der Waals surface area (Å²) in [5.74, 6) is 10.1. The Morgan fingerprint density at radius 3 is 0.590 bits per heavy atom. The monoisotopic (exact) mass is 1460 g/mol. The zero-order valence-electron chi connectivity index (χ0n) is 65.4. The van der Waals surface area contributed by atoms with E-state index >= 15 is 0 Å². The van der Waals surface area contributed by atoms with Crippen LogP contribution < -0.4 is 0 Å². The number of imide groups is 6. The average molecular weight is 1460 g/mol. The third-order valence-electron chi connectivity index (χ3n) is 11.4. The Kier molecular flexibility index (Phi) is 97.3. The van der Waals surface area contributed by atoms with Crippen LogP contribution in [0.4, 0.5) is 0 Å². The minimum Gasteiger partial charge on any atom is -0.286 e. The SMILES string of the molecule is C.C.C.C.C.C#CC.C#CC.C#CC.C#CC.C#CC.C#CC.CC.CC.CC.CC.CC.CC.CC.CC.CC.CN1C(=O)CCC1=O.CN1C(=O)CCC1=O.CN1C(=O)c2ccc(Cc3ccc4c(c3)C(=O)N(C)C4=O)cc2C1=O.O=C1c2ccccc2C(=O)N1CN1C(=O)c2ccccc2C1=O. The Morgan fingerprint density at radius 1 is 0.267 bits per heavy atom. The molecule has 0 atom stereocenters. The van der Waals surface area contributed by atoms with Crippen LogP contribution in [-0.4, -0.2) is 135 Å². The molecule has 10 rings (SSSR count). The summed E-state index contributed by atoms with van der Waals surface area (Å²) in [6, 6.07) is 23.2. The lowest BCUT2D eigenvalue weighted by Crippen LogP contribution is -2.43. The fourth-order valence-corrected chi connectivity index (χ4v) is 7.53. The topological polar surface area (TPSA) is 224 Å². The fraction of sp³-hybridized carbons (Fsp3) is 0.448.